The lowest BCUT2D eigenvalue weighted by molar-refractivity contribution is -0.140. The molecule has 0 saturated carbocycles. The smallest absolute Gasteiger partial charge is 0.295 e. The Kier molecular flexibility index (Phi) is 6.42. The summed E-state index contributed by atoms with van der Waals surface area (Å²) in [6.07, 6.45) is 1.39. The highest BCUT2D eigenvalue weighted by Crippen LogP contribution is 2.41. The van der Waals surface area contributed by atoms with Crippen LogP contribution < -0.4 is 9.64 Å². The molecule has 1 fully saturated rings. The van der Waals surface area contributed by atoms with Crippen LogP contribution in [-0.2, 0) is 20.7 Å². The molecule has 7 heteroatoms. The number of hydrogen-bond acceptors (Lipinski definition) is 6. The number of methoxy groups -OCH3 is 1. The first kappa shape index (κ1) is 22.9. The molecule has 2 aromatic rings. The summed E-state index contributed by atoms with van der Waals surface area (Å²) in [7, 11) is 5.50. The average molecular weight is 451 g/mol. The maximum Gasteiger partial charge on any atom is 0.295 e. The predicted molar refractivity (Wildman–Crippen MR) is 127 cm³/mol. The van der Waals surface area contributed by atoms with Gasteiger partial charge < -0.3 is 24.4 Å². The van der Waals surface area contributed by atoms with E-state index in [9.17, 15) is 14.7 Å². The minimum absolute atomic E-state index is 0.0685. The quantitative estimate of drug-likeness (QED) is 0.301. The Morgan fingerprint density at radius 3 is 2.58 bits per heavy atom. The summed E-state index contributed by atoms with van der Waals surface area (Å²) in [5.41, 5.74) is 3.38. The third-order valence-electron chi connectivity index (χ3n) is 6.18. The molecule has 174 valence electrons. The number of benzene rings is 2. The van der Waals surface area contributed by atoms with Crippen molar-refractivity contribution in [1.82, 2.24) is 4.90 Å². The molecule has 2 aromatic carbocycles. The molecule has 2 atom stereocenters. The SMILES string of the molecule is COCCCN1C(=O)C(=O)/C(=C(/O)c2ccc3c(c2)C[C@H](C)O3)[C@@H]1c1ccc(N(C)C)cc1. The molecule has 7 nitrogen and oxygen atoms in total. The second kappa shape index (κ2) is 9.27. The molecule has 2 aliphatic rings. The zero-order valence-electron chi connectivity index (χ0n) is 19.5. The average Bonchev–Trinajstić information content (AvgIpc) is 3.29. The number of carbonyl (C=O) groups excluding carboxylic acids is 2. The van der Waals surface area contributed by atoms with Gasteiger partial charge in [0.2, 0.25) is 0 Å². The zero-order valence-corrected chi connectivity index (χ0v) is 19.5. The van der Waals surface area contributed by atoms with E-state index < -0.39 is 17.7 Å². The largest absolute Gasteiger partial charge is 0.507 e. The number of fused-ring (bicyclic) bond motifs is 1. The standard InChI is InChI=1S/C26H30N2O5/c1-16-14-19-15-18(8-11-21(19)33-16)24(29)22-23(17-6-9-20(10-7-17)27(2)3)28(12-5-13-32-4)26(31)25(22)30/h6-11,15-16,23,29H,5,12-14H2,1-4H3/b24-22+/t16-,23-/m0/s1. The highest BCUT2D eigenvalue weighted by molar-refractivity contribution is 6.46. The van der Waals surface area contributed by atoms with Crippen molar-refractivity contribution in [2.45, 2.75) is 31.9 Å². The molecular weight excluding hydrogens is 420 g/mol. The number of amides is 1. The molecule has 0 aromatic heterocycles. The van der Waals surface area contributed by atoms with E-state index in [1.165, 1.54) is 4.90 Å². The Bertz CT molecular complexity index is 1090. The van der Waals surface area contributed by atoms with Gasteiger partial charge in [0.1, 0.15) is 17.6 Å². The van der Waals surface area contributed by atoms with Crippen LogP contribution in [0, 0.1) is 0 Å². The topological polar surface area (TPSA) is 79.3 Å². The van der Waals surface area contributed by atoms with Crippen molar-refractivity contribution in [3.05, 3.63) is 64.7 Å². The van der Waals surface area contributed by atoms with Crippen LogP contribution in [0.25, 0.3) is 5.76 Å². The van der Waals surface area contributed by atoms with Crippen molar-refractivity contribution >= 4 is 23.1 Å². The highest BCUT2D eigenvalue weighted by atomic mass is 16.5. The van der Waals surface area contributed by atoms with Gasteiger partial charge in [-0.3, -0.25) is 9.59 Å². The van der Waals surface area contributed by atoms with Gasteiger partial charge in [0.15, 0.2) is 0 Å². The van der Waals surface area contributed by atoms with E-state index in [1.807, 2.05) is 62.3 Å². The molecular formula is C26H30N2O5. The fourth-order valence-electron chi connectivity index (χ4n) is 4.52. The van der Waals surface area contributed by atoms with E-state index in [2.05, 4.69) is 0 Å². The Hall–Kier alpha value is -3.32. The summed E-state index contributed by atoms with van der Waals surface area (Å²) in [5, 5.41) is 11.3. The van der Waals surface area contributed by atoms with E-state index in [1.54, 1.807) is 13.2 Å². The van der Waals surface area contributed by atoms with Crippen LogP contribution in [0.2, 0.25) is 0 Å². The van der Waals surface area contributed by atoms with Crippen molar-refractivity contribution in [2.24, 2.45) is 0 Å². The first-order valence-corrected chi connectivity index (χ1v) is 11.2. The van der Waals surface area contributed by atoms with Crippen molar-refractivity contribution in [3.8, 4) is 5.75 Å². The minimum Gasteiger partial charge on any atom is -0.507 e. The number of likely N-dealkylation sites (tertiary alicyclic amines) is 1. The maximum absolute atomic E-state index is 13.1. The number of aliphatic hydroxyl groups is 1. The second-order valence-corrected chi connectivity index (χ2v) is 8.78. The molecule has 1 amide bonds. The monoisotopic (exact) mass is 450 g/mol. The van der Waals surface area contributed by atoms with Crippen LogP contribution >= 0.6 is 0 Å². The van der Waals surface area contributed by atoms with Gasteiger partial charge in [-0.1, -0.05) is 12.1 Å². The Balaban J connectivity index is 1.79. The van der Waals surface area contributed by atoms with Gasteiger partial charge in [0, 0.05) is 52.0 Å². The van der Waals surface area contributed by atoms with E-state index in [0.717, 1.165) is 29.0 Å². The summed E-state index contributed by atoms with van der Waals surface area (Å²) in [4.78, 5) is 29.6. The third-order valence-corrected chi connectivity index (χ3v) is 6.18. The number of nitrogens with zero attached hydrogens (tertiary/aromatic N) is 2. The summed E-state index contributed by atoms with van der Waals surface area (Å²) >= 11 is 0. The van der Waals surface area contributed by atoms with E-state index >= 15 is 0 Å². The van der Waals surface area contributed by atoms with Gasteiger partial charge in [-0.25, -0.2) is 0 Å². The van der Waals surface area contributed by atoms with Gasteiger partial charge in [0.25, 0.3) is 11.7 Å². The molecule has 0 spiro atoms. The number of ether oxygens (including phenoxy) is 2. The molecule has 0 aliphatic carbocycles. The normalized spacial score (nSPS) is 21.3. The molecule has 0 unspecified atom stereocenters. The lowest BCUT2D eigenvalue weighted by atomic mass is 9.94. The first-order valence-electron chi connectivity index (χ1n) is 11.2. The van der Waals surface area contributed by atoms with Crippen molar-refractivity contribution < 1.29 is 24.2 Å². The van der Waals surface area contributed by atoms with Gasteiger partial charge >= 0.3 is 0 Å². The highest BCUT2D eigenvalue weighted by Gasteiger charge is 2.45. The summed E-state index contributed by atoms with van der Waals surface area (Å²) in [6, 6.07) is 12.4. The van der Waals surface area contributed by atoms with Gasteiger partial charge in [-0.2, -0.15) is 0 Å². The second-order valence-electron chi connectivity index (χ2n) is 8.78. The van der Waals surface area contributed by atoms with E-state index in [0.29, 0.717) is 25.1 Å². The number of Topliss-reactive ketones (excluding diaryl/α,β-unsaturated/α-hetero) is 1. The van der Waals surface area contributed by atoms with Gasteiger partial charge in [-0.05, 0) is 54.8 Å². The van der Waals surface area contributed by atoms with Crippen LogP contribution in [-0.4, -0.2) is 62.2 Å². The Morgan fingerprint density at radius 2 is 1.91 bits per heavy atom. The van der Waals surface area contributed by atoms with E-state index in [4.69, 9.17) is 9.47 Å². The molecule has 33 heavy (non-hydrogen) atoms. The van der Waals surface area contributed by atoms with Crippen LogP contribution in [0.5, 0.6) is 5.75 Å². The number of carbonyl (C=O) groups is 2. The Morgan fingerprint density at radius 1 is 1.18 bits per heavy atom. The Labute approximate surface area is 194 Å². The summed E-state index contributed by atoms with van der Waals surface area (Å²) in [6.45, 7) is 2.81. The van der Waals surface area contributed by atoms with Crippen LogP contribution in [0.1, 0.15) is 36.1 Å². The zero-order chi connectivity index (χ0) is 23.7. The molecule has 4 rings (SSSR count). The molecule has 0 radical (unpaired) electrons. The number of ketones is 1. The fourth-order valence-corrected chi connectivity index (χ4v) is 4.52. The van der Waals surface area contributed by atoms with Gasteiger partial charge in [-0.15, -0.1) is 0 Å². The number of anilines is 1. The van der Waals surface area contributed by atoms with Crippen molar-refractivity contribution in [1.29, 1.82) is 0 Å². The number of rotatable bonds is 7. The minimum atomic E-state index is -0.670. The predicted octanol–water partition coefficient (Wildman–Crippen LogP) is 3.53. The lowest BCUT2D eigenvalue weighted by Gasteiger charge is -2.26. The van der Waals surface area contributed by atoms with Crippen molar-refractivity contribution in [3.63, 3.8) is 0 Å². The summed E-state index contributed by atoms with van der Waals surface area (Å²) in [5.74, 6) is -0.648. The molecule has 1 saturated heterocycles. The number of hydrogen-bond donors (Lipinski definition) is 1. The van der Waals surface area contributed by atoms with E-state index in [-0.39, 0.29) is 17.4 Å². The van der Waals surface area contributed by atoms with Crippen molar-refractivity contribution in [2.75, 3.05) is 39.3 Å². The van der Waals surface area contributed by atoms with Crippen LogP contribution in [0.4, 0.5) is 5.69 Å². The van der Waals surface area contributed by atoms with Crippen LogP contribution in [0.15, 0.2) is 48.0 Å². The lowest BCUT2D eigenvalue weighted by Crippen LogP contribution is -2.31. The van der Waals surface area contributed by atoms with Crippen LogP contribution in [0.3, 0.4) is 0 Å². The van der Waals surface area contributed by atoms with Gasteiger partial charge in [0.05, 0.1) is 11.6 Å². The number of aliphatic hydroxyl groups excluding tert-OH is 1. The fraction of sp³-hybridized carbons (Fsp3) is 0.385. The first-order chi connectivity index (χ1) is 15.8. The molecule has 0 bridgehead atoms. The molecule has 2 aliphatic heterocycles. The third kappa shape index (κ3) is 4.33. The molecule has 2 heterocycles. The maximum atomic E-state index is 13.1. The molecule has 1 N–H and O–H groups in total. The summed E-state index contributed by atoms with van der Waals surface area (Å²) < 4.78 is 10.9.